The number of rotatable bonds is 5. The highest BCUT2D eigenvalue weighted by molar-refractivity contribution is 9.10. The minimum Gasteiger partial charge on any atom is -0.295 e. The van der Waals surface area contributed by atoms with Crippen LogP contribution < -0.4 is 0 Å². The Morgan fingerprint density at radius 1 is 0.815 bits per heavy atom. The third-order valence-corrected chi connectivity index (χ3v) is 5.72. The number of pyridine rings is 2. The fourth-order valence-electron chi connectivity index (χ4n) is 4.03. The van der Waals surface area contributed by atoms with Crippen LogP contribution in [0.4, 0.5) is 0 Å². The molecule has 3 nitrogen and oxygen atoms in total. The first kappa shape index (κ1) is 18.3. The number of piperidine rings is 1. The molecule has 3 heterocycles. The SMILES string of the molecule is Brc1cccc([C@H](C(c2cccnc2)c2cccnc2)N2CC[CH]CC2)c1. The summed E-state index contributed by atoms with van der Waals surface area (Å²) >= 11 is 3.67. The fourth-order valence-corrected chi connectivity index (χ4v) is 4.45. The summed E-state index contributed by atoms with van der Waals surface area (Å²) in [4.78, 5) is 11.4. The van der Waals surface area contributed by atoms with Crippen LogP contribution in [0.5, 0.6) is 0 Å². The third kappa shape index (κ3) is 4.28. The van der Waals surface area contributed by atoms with E-state index in [1.807, 2.05) is 36.9 Å². The van der Waals surface area contributed by atoms with Crippen LogP contribution in [0, 0.1) is 6.42 Å². The van der Waals surface area contributed by atoms with Gasteiger partial charge in [0.2, 0.25) is 0 Å². The molecule has 4 heteroatoms. The summed E-state index contributed by atoms with van der Waals surface area (Å²) in [5, 5.41) is 0. The van der Waals surface area contributed by atoms with E-state index < -0.39 is 0 Å². The number of aromatic nitrogens is 2. The highest BCUT2D eigenvalue weighted by Crippen LogP contribution is 2.41. The molecule has 137 valence electrons. The molecular formula is C23H23BrN3. The van der Waals surface area contributed by atoms with Gasteiger partial charge in [-0.25, -0.2) is 0 Å². The van der Waals surface area contributed by atoms with Crippen molar-refractivity contribution >= 4 is 15.9 Å². The predicted octanol–water partition coefficient (Wildman–Crippen LogP) is 5.41. The second-order valence-corrected chi connectivity index (χ2v) is 7.87. The van der Waals surface area contributed by atoms with Crippen molar-refractivity contribution in [3.05, 3.63) is 101 Å². The Bertz CT molecular complexity index is 808. The van der Waals surface area contributed by atoms with E-state index in [0.717, 1.165) is 30.4 Å². The number of hydrogen-bond donors (Lipinski definition) is 0. The zero-order valence-corrected chi connectivity index (χ0v) is 16.8. The van der Waals surface area contributed by atoms with Gasteiger partial charge >= 0.3 is 0 Å². The molecule has 0 spiro atoms. The van der Waals surface area contributed by atoms with Crippen LogP contribution in [0.15, 0.2) is 77.8 Å². The van der Waals surface area contributed by atoms with Gasteiger partial charge in [-0.1, -0.05) is 40.2 Å². The first-order valence-electron chi connectivity index (χ1n) is 9.44. The van der Waals surface area contributed by atoms with Gasteiger partial charge in [-0.3, -0.25) is 14.9 Å². The van der Waals surface area contributed by atoms with Crippen molar-refractivity contribution in [2.24, 2.45) is 0 Å². The zero-order chi connectivity index (χ0) is 18.5. The third-order valence-electron chi connectivity index (χ3n) is 5.23. The van der Waals surface area contributed by atoms with Crippen molar-refractivity contribution in [1.29, 1.82) is 0 Å². The van der Waals surface area contributed by atoms with E-state index in [4.69, 9.17) is 0 Å². The normalized spacial score (nSPS) is 16.4. The molecule has 0 amide bonds. The molecule has 4 rings (SSSR count). The monoisotopic (exact) mass is 420 g/mol. The molecule has 0 aliphatic carbocycles. The topological polar surface area (TPSA) is 29.0 Å². The van der Waals surface area contributed by atoms with Gasteiger partial charge < -0.3 is 0 Å². The summed E-state index contributed by atoms with van der Waals surface area (Å²) < 4.78 is 1.12. The Hall–Kier alpha value is -2.04. The lowest BCUT2D eigenvalue weighted by atomic mass is 9.81. The maximum Gasteiger partial charge on any atom is 0.0458 e. The average molecular weight is 421 g/mol. The summed E-state index contributed by atoms with van der Waals surface area (Å²) in [6.45, 7) is 2.16. The predicted molar refractivity (Wildman–Crippen MR) is 112 cm³/mol. The van der Waals surface area contributed by atoms with Gasteiger partial charge in [0.1, 0.15) is 0 Å². The van der Waals surface area contributed by atoms with Gasteiger partial charge in [-0.2, -0.15) is 0 Å². The molecule has 1 aliphatic heterocycles. The van der Waals surface area contributed by atoms with Crippen LogP contribution in [0.25, 0.3) is 0 Å². The lowest BCUT2D eigenvalue weighted by Crippen LogP contribution is -2.37. The molecule has 3 aromatic rings. The summed E-state index contributed by atoms with van der Waals surface area (Å²) in [6, 6.07) is 17.4. The minimum absolute atomic E-state index is 0.180. The summed E-state index contributed by atoms with van der Waals surface area (Å²) in [7, 11) is 0. The van der Waals surface area contributed by atoms with E-state index in [9.17, 15) is 0 Å². The van der Waals surface area contributed by atoms with E-state index in [0.29, 0.717) is 0 Å². The maximum atomic E-state index is 4.42. The van der Waals surface area contributed by atoms with Crippen LogP contribution in [0.1, 0.15) is 41.5 Å². The van der Waals surface area contributed by atoms with E-state index in [2.05, 4.69) is 73.6 Å². The zero-order valence-electron chi connectivity index (χ0n) is 15.2. The van der Waals surface area contributed by atoms with Crippen LogP contribution in [-0.4, -0.2) is 28.0 Å². The van der Waals surface area contributed by atoms with Gasteiger partial charge in [-0.05, 0) is 73.3 Å². The summed E-state index contributed by atoms with van der Waals surface area (Å²) in [5.74, 6) is 0.180. The van der Waals surface area contributed by atoms with Gasteiger partial charge in [0.05, 0.1) is 0 Å². The minimum atomic E-state index is 0.180. The Kier molecular flexibility index (Phi) is 5.95. The van der Waals surface area contributed by atoms with Crippen molar-refractivity contribution in [3.8, 4) is 0 Å². The smallest absolute Gasteiger partial charge is 0.0458 e. The van der Waals surface area contributed by atoms with Crippen molar-refractivity contribution < 1.29 is 0 Å². The van der Waals surface area contributed by atoms with Crippen molar-refractivity contribution in [2.75, 3.05) is 13.1 Å². The Labute approximate surface area is 169 Å². The van der Waals surface area contributed by atoms with Crippen molar-refractivity contribution in [1.82, 2.24) is 14.9 Å². The molecular weight excluding hydrogens is 398 g/mol. The van der Waals surface area contributed by atoms with Gasteiger partial charge in [0, 0.05) is 41.2 Å². The fraction of sp³-hybridized carbons (Fsp3) is 0.261. The molecule has 1 saturated heterocycles. The summed E-state index contributed by atoms with van der Waals surface area (Å²) in [6.07, 6.45) is 12.4. The van der Waals surface area contributed by atoms with Crippen LogP contribution in [-0.2, 0) is 0 Å². The molecule has 1 atom stereocenters. The molecule has 1 aromatic carbocycles. The molecule has 0 N–H and O–H groups in total. The van der Waals surface area contributed by atoms with E-state index in [-0.39, 0.29) is 12.0 Å². The number of hydrogen-bond acceptors (Lipinski definition) is 3. The van der Waals surface area contributed by atoms with Crippen LogP contribution >= 0.6 is 15.9 Å². The standard InChI is InChI=1S/C23H23BrN3/c24-21-10-4-7-18(15-21)23(27-13-2-1-3-14-27)22(19-8-5-11-25-16-19)20-9-6-12-26-17-20/h1,4-12,15-17,22-23H,2-3,13-14H2/t23-/m1/s1. The van der Waals surface area contributed by atoms with Crippen LogP contribution in [0.2, 0.25) is 0 Å². The number of benzene rings is 1. The second kappa shape index (κ2) is 8.77. The molecule has 1 radical (unpaired) electrons. The van der Waals surface area contributed by atoms with Crippen molar-refractivity contribution in [2.45, 2.75) is 24.8 Å². The van der Waals surface area contributed by atoms with Crippen LogP contribution in [0.3, 0.4) is 0 Å². The van der Waals surface area contributed by atoms with Crippen molar-refractivity contribution in [3.63, 3.8) is 0 Å². The molecule has 2 aromatic heterocycles. The highest BCUT2D eigenvalue weighted by atomic mass is 79.9. The number of halogens is 1. The van der Waals surface area contributed by atoms with E-state index >= 15 is 0 Å². The Balaban J connectivity index is 1.85. The Morgan fingerprint density at radius 2 is 1.44 bits per heavy atom. The molecule has 27 heavy (non-hydrogen) atoms. The quantitative estimate of drug-likeness (QED) is 0.552. The first-order chi connectivity index (χ1) is 13.3. The lowest BCUT2D eigenvalue weighted by Gasteiger charge is -2.40. The number of likely N-dealkylation sites (tertiary alicyclic amines) is 1. The molecule has 1 aliphatic rings. The maximum absolute atomic E-state index is 4.42. The van der Waals surface area contributed by atoms with Gasteiger partial charge in [-0.15, -0.1) is 0 Å². The lowest BCUT2D eigenvalue weighted by molar-refractivity contribution is 0.167. The average Bonchev–Trinajstić information content (AvgIpc) is 2.74. The van der Waals surface area contributed by atoms with Gasteiger partial charge in [0.25, 0.3) is 0 Å². The van der Waals surface area contributed by atoms with Gasteiger partial charge in [0.15, 0.2) is 0 Å². The Morgan fingerprint density at radius 3 is 2.00 bits per heavy atom. The second-order valence-electron chi connectivity index (χ2n) is 6.95. The highest BCUT2D eigenvalue weighted by Gasteiger charge is 2.32. The largest absolute Gasteiger partial charge is 0.295 e. The molecule has 1 fully saturated rings. The summed E-state index contributed by atoms with van der Waals surface area (Å²) in [5.41, 5.74) is 3.78. The van der Waals surface area contributed by atoms with E-state index in [1.54, 1.807) is 0 Å². The first-order valence-corrected chi connectivity index (χ1v) is 10.2. The molecule has 0 saturated carbocycles. The van der Waals surface area contributed by atoms with E-state index in [1.165, 1.54) is 16.7 Å². The molecule has 0 bridgehead atoms. The molecule has 0 unspecified atom stereocenters. The number of nitrogens with zero attached hydrogens (tertiary/aromatic N) is 3.